The lowest BCUT2D eigenvalue weighted by Gasteiger charge is -2.33. The third-order valence-electron chi connectivity index (χ3n) is 2.79. The van der Waals surface area contributed by atoms with Crippen molar-refractivity contribution in [2.45, 2.75) is 22.7 Å². The second-order valence-corrected chi connectivity index (χ2v) is 6.94. The van der Waals surface area contributed by atoms with Crippen LogP contribution in [0.5, 0.6) is 0 Å². The largest absolute Gasteiger partial charge is 0.384 e. The maximum absolute atomic E-state index is 5.27. The van der Waals surface area contributed by atoms with Crippen molar-refractivity contribution in [2.75, 3.05) is 19.5 Å². The van der Waals surface area contributed by atoms with Gasteiger partial charge in [-0.2, -0.15) is 11.8 Å². The number of methoxy groups -OCH3 is 1. The van der Waals surface area contributed by atoms with Crippen LogP contribution in [0.15, 0.2) is 30.3 Å². The van der Waals surface area contributed by atoms with Gasteiger partial charge in [-0.1, -0.05) is 37.3 Å². The molecule has 0 aromatic heterocycles. The second kappa shape index (κ2) is 5.99. The Kier molecular flexibility index (Phi) is 4.62. The molecule has 1 saturated heterocycles. The topological polar surface area (TPSA) is 9.23 Å². The van der Waals surface area contributed by atoms with Gasteiger partial charge in [0.15, 0.2) is 0 Å². The summed E-state index contributed by atoms with van der Waals surface area (Å²) >= 11 is 4.14. The molecule has 1 aliphatic rings. The van der Waals surface area contributed by atoms with Crippen LogP contribution in [0.2, 0.25) is 0 Å². The Bertz CT molecular complexity index is 315. The average molecular weight is 254 g/mol. The summed E-state index contributed by atoms with van der Waals surface area (Å²) in [5.74, 6) is 1.21. The molecule has 0 amide bonds. The van der Waals surface area contributed by atoms with E-state index in [1.807, 2.05) is 0 Å². The molecular weight excluding hydrogens is 236 g/mol. The van der Waals surface area contributed by atoms with Crippen molar-refractivity contribution in [3.8, 4) is 0 Å². The fourth-order valence-electron chi connectivity index (χ4n) is 1.97. The molecule has 88 valence electrons. The molecule has 0 bridgehead atoms. The van der Waals surface area contributed by atoms with E-state index in [9.17, 15) is 0 Å². The van der Waals surface area contributed by atoms with Gasteiger partial charge >= 0.3 is 0 Å². The van der Waals surface area contributed by atoms with E-state index in [1.54, 1.807) is 7.11 Å². The number of thioether (sulfide) groups is 2. The van der Waals surface area contributed by atoms with Crippen molar-refractivity contribution < 1.29 is 4.74 Å². The van der Waals surface area contributed by atoms with Crippen LogP contribution in [0, 0.1) is 0 Å². The lowest BCUT2D eigenvalue weighted by atomic mass is 10.1. The van der Waals surface area contributed by atoms with Crippen LogP contribution in [-0.4, -0.2) is 30.0 Å². The van der Waals surface area contributed by atoms with E-state index < -0.39 is 0 Å². The quantitative estimate of drug-likeness (QED) is 0.815. The van der Waals surface area contributed by atoms with Gasteiger partial charge in [0.05, 0.1) is 6.61 Å². The van der Waals surface area contributed by atoms with Crippen LogP contribution >= 0.6 is 23.5 Å². The summed E-state index contributed by atoms with van der Waals surface area (Å²) in [6, 6.07) is 10.8. The molecule has 0 aliphatic carbocycles. The predicted molar refractivity (Wildman–Crippen MR) is 74.4 cm³/mol. The molecule has 16 heavy (non-hydrogen) atoms. The Balaban J connectivity index is 2.07. The molecule has 1 nitrogen and oxygen atoms in total. The molecular formula is C13H18OS2. The van der Waals surface area contributed by atoms with Crippen molar-refractivity contribution in [3.63, 3.8) is 0 Å². The van der Waals surface area contributed by atoms with Gasteiger partial charge in [-0.15, -0.1) is 11.8 Å². The third kappa shape index (κ3) is 2.96. The van der Waals surface area contributed by atoms with Gasteiger partial charge in [-0.05, 0) is 5.56 Å². The molecule has 0 N–H and O–H groups in total. The zero-order chi connectivity index (χ0) is 11.4. The molecule has 0 saturated carbocycles. The van der Waals surface area contributed by atoms with Crippen molar-refractivity contribution in [1.82, 2.24) is 0 Å². The fourth-order valence-corrected chi connectivity index (χ4v) is 5.06. The normalized spacial score (nSPS) is 30.2. The zero-order valence-electron chi connectivity index (χ0n) is 9.76. The van der Waals surface area contributed by atoms with Gasteiger partial charge < -0.3 is 4.74 Å². The first kappa shape index (κ1) is 12.3. The minimum atomic E-state index is 0.611. The first-order valence-corrected chi connectivity index (χ1v) is 7.61. The van der Waals surface area contributed by atoms with Crippen LogP contribution in [0.3, 0.4) is 0 Å². The number of benzene rings is 1. The summed E-state index contributed by atoms with van der Waals surface area (Å²) in [7, 11) is 1.79. The van der Waals surface area contributed by atoms with Crippen LogP contribution in [-0.2, 0) is 4.74 Å². The number of hydrogen-bond acceptors (Lipinski definition) is 3. The van der Waals surface area contributed by atoms with Crippen LogP contribution < -0.4 is 0 Å². The SMILES string of the molecule is COCC1CSC(C)C(c2ccccc2)S1. The fraction of sp³-hybridized carbons (Fsp3) is 0.538. The Labute approximate surface area is 106 Å². The summed E-state index contributed by atoms with van der Waals surface area (Å²) in [4.78, 5) is 0. The minimum absolute atomic E-state index is 0.611. The second-order valence-electron chi connectivity index (χ2n) is 4.08. The lowest BCUT2D eigenvalue weighted by molar-refractivity contribution is 0.203. The molecule has 2 rings (SSSR count). The first-order valence-electron chi connectivity index (χ1n) is 5.62. The van der Waals surface area contributed by atoms with E-state index in [2.05, 4.69) is 60.8 Å². The third-order valence-corrected chi connectivity index (χ3v) is 6.23. The maximum Gasteiger partial charge on any atom is 0.0589 e. The van der Waals surface area contributed by atoms with E-state index in [0.29, 0.717) is 15.7 Å². The van der Waals surface area contributed by atoms with Crippen LogP contribution in [0.25, 0.3) is 0 Å². The van der Waals surface area contributed by atoms with Gasteiger partial charge in [0.2, 0.25) is 0 Å². The molecule has 3 atom stereocenters. The molecule has 1 heterocycles. The molecule has 0 radical (unpaired) electrons. The predicted octanol–water partition coefficient (Wildman–Crippen LogP) is 3.61. The van der Waals surface area contributed by atoms with Crippen LogP contribution in [0.1, 0.15) is 17.7 Å². The highest BCUT2D eigenvalue weighted by atomic mass is 32.2. The molecule has 0 spiro atoms. The number of hydrogen-bond donors (Lipinski definition) is 0. The first-order chi connectivity index (χ1) is 7.81. The smallest absolute Gasteiger partial charge is 0.0589 e. The summed E-state index contributed by atoms with van der Waals surface area (Å²) in [5, 5.41) is 1.94. The van der Waals surface area contributed by atoms with Crippen molar-refractivity contribution in [3.05, 3.63) is 35.9 Å². The van der Waals surface area contributed by atoms with E-state index in [1.165, 1.54) is 11.3 Å². The van der Waals surface area contributed by atoms with E-state index >= 15 is 0 Å². The number of ether oxygens (including phenoxy) is 1. The minimum Gasteiger partial charge on any atom is -0.384 e. The van der Waals surface area contributed by atoms with Crippen molar-refractivity contribution >= 4 is 23.5 Å². The van der Waals surface area contributed by atoms with Crippen molar-refractivity contribution in [2.24, 2.45) is 0 Å². The molecule has 3 heteroatoms. The Morgan fingerprint density at radius 1 is 1.31 bits per heavy atom. The Morgan fingerprint density at radius 3 is 2.75 bits per heavy atom. The highest BCUT2D eigenvalue weighted by Gasteiger charge is 2.29. The standard InChI is InChI=1S/C13H18OS2/c1-10-13(11-6-4-3-5-7-11)16-12(8-14-2)9-15-10/h3-7,10,12-13H,8-9H2,1-2H3. The lowest BCUT2D eigenvalue weighted by Crippen LogP contribution is -2.26. The monoisotopic (exact) mass is 254 g/mol. The van der Waals surface area contributed by atoms with E-state index in [4.69, 9.17) is 4.74 Å². The highest BCUT2D eigenvalue weighted by Crippen LogP contribution is 2.45. The van der Waals surface area contributed by atoms with Gasteiger partial charge in [-0.3, -0.25) is 0 Å². The molecule has 1 aromatic carbocycles. The van der Waals surface area contributed by atoms with E-state index in [-0.39, 0.29) is 0 Å². The van der Waals surface area contributed by atoms with Gasteiger partial charge in [-0.25, -0.2) is 0 Å². The summed E-state index contributed by atoms with van der Waals surface area (Å²) in [6.45, 7) is 3.20. The summed E-state index contributed by atoms with van der Waals surface area (Å²) in [5.41, 5.74) is 1.45. The van der Waals surface area contributed by atoms with Gasteiger partial charge in [0.25, 0.3) is 0 Å². The zero-order valence-corrected chi connectivity index (χ0v) is 11.4. The van der Waals surface area contributed by atoms with Gasteiger partial charge in [0, 0.05) is 28.6 Å². The maximum atomic E-state index is 5.27. The molecule has 1 aromatic rings. The Morgan fingerprint density at radius 2 is 2.06 bits per heavy atom. The summed E-state index contributed by atoms with van der Waals surface area (Å²) in [6.07, 6.45) is 0. The summed E-state index contributed by atoms with van der Waals surface area (Å²) < 4.78 is 5.27. The van der Waals surface area contributed by atoms with Gasteiger partial charge in [0.1, 0.15) is 0 Å². The highest BCUT2D eigenvalue weighted by molar-refractivity contribution is 8.07. The number of rotatable bonds is 3. The van der Waals surface area contributed by atoms with Crippen LogP contribution in [0.4, 0.5) is 0 Å². The molecule has 3 unspecified atom stereocenters. The molecule has 1 aliphatic heterocycles. The van der Waals surface area contributed by atoms with E-state index in [0.717, 1.165) is 6.61 Å². The van der Waals surface area contributed by atoms with Crippen molar-refractivity contribution in [1.29, 1.82) is 0 Å². The molecule has 1 fully saturated rings. The average Bonchev–Trinajstić information content (AvgIpc) is 2.33. The Hall–Kier alpha value is -0.120.